The third kappa shape index (κ3) is 3.31. The van der Waals surface area contributed by atoms with Crippen molar-refractivity contribution < 1.29 is 4.79 Å². The minimum Gasteiger partial charge on any atom is -0.325 e. The molecule has 2 saturated heterocycles. The molecule has 4 nitrogen and oxygen atoms in total. The Morgan fingerprint density at radius 2 is 2.18 bits per heavy atom. The van der Waals surface area contributed by atoms with Crippen molar-refractivity contribution in [2.75, 3.05) is 13.1 Å². The van der Waals surface area contributed by atoms with Gasteiger partial charge in [-0.15, -0.1) is 0 Å². The molecule has 1 aromatic carbocycles. The van der Waals surface area contributed by atoms with Gasteiger partial charge in [-0.2, -0.15) is 5.26 Å². The fraction of sp³-hybridized carbons (Fsp3) is 0.556. The summed E-state index contributed by atoms with van der Waals surface area (Å²) in [6, 6.07) is 12.5. The van der Waals surface area contributed by atoms with Crippen molar-refractivity contribution in [1.29, 1.82) is 5.26 Å². The Hall–Kier alpha value is -1.86. The van der Waals surface area contributed by atoms with Crippen LogP contribution in [0, 0.1) is 17.2 Å². The van der Waals surface area contributed by atoms with E-state index in [4.69, 9.17) is 5.26 Å². The lowest BCUT2D eigenvalue weighted by Crippen LogP contribution is -2.45. The van der Waals surface area contributed by atoms with Gasteiger partial charge in [-0.05, 0) is 50.1 Å². The second-order valence-corrected chi connectivity index (χ2v) is 6.41. The quantitative estimate of drug-likeness (QED) is 0.926. The Morgan fingerprint density at radius 1 is 1.36 bits per heavy atom. The smallest absolute Gasteiger partial charge is 0.240 e. The monoisotopic (exact) mass is 297 g/mol. The summed E-state index contributed by atoms with van der Waals surface area (Å²) in [6.07, 6.45) is 4.86. The highest BCUT2D eigenvalue weighted by Gasteiger charge is 2.36. The number of nitrogens with one attached hydrogen (secondary N) is 1. The van der Waals surface area contributed by atoms with E-state index in [-0.39, 0.29) is 18.0 Å². The van der Waals surface area contributed by atoms with Gasteiger partial charge < -0.3 is 10.2 Å². The lowest BCUT2D eigenvalue weighted by Gasteiger charge is -2.23. The molecule has 2 aliphatic heterocycles. The number of benzene rings is 1. The second-order valence-electron chi connectivity index (χ2n) is 6.41. The number of nitriles is 1. The predicted molar refractivity (Wildman–Crippen MR) is 85.0 cm³/mol. The molecule has 0 radical (unpaired) electrons. The van der Waals surface area contributed by atoms with E-state index >= 15 is 0 Å². The van der Waals surface area contributed by atoms with E-state index in [9.17, 15) is 4.79 Å². The SMILES string of the molecule is N#C[C@@H]1CCCN1C(=O)[C@@H]1C[C@@H](CCc2ccccc2)CN1. The van der Waals surface area contributed by atoms with Crippen LogP contribution in [-0.2, 0) is 11.2 Å². The van der Waals surface area contributed by atoms with Crippen molar-refractivity contribution >= 4 is 5.91 Å². The largest absolute Gasteiger partial charge is 0.325 e. The van der Waals surface area contributed by atoms with Crippen LogP contribution < -0.4 is 5.32 Å². The van der Waals surface area contributed by atoms with Gasteiger partial charge in [-0.25, -0.2) is 0 Å². The fourth-order valence-electron chi connectivity index (χ4n) is 3.60. The molecule has 1 amide bonds. The van der Waals surface area contributed by atoms with E-state index in [0.717, 1.165) is 45.2 Å². The third-order valence-corrected chi connectivity index (χ3v) is 4.89. The molecule has 22 heavy (non-hydrogen) atoms. The zero-order valence-corrected chi connectivity index (χ0v) is 12.9. The lowest BCUT2D eigenvalue weighted by atomic mass is 9.96. The average Bonchev–Trinajstić information content (AvgIpc) is 3.22. The number of nitrogens with zero attached hydrogens (tertiary/aromatic N) is 2. The van der Waals surface area contributed by atoms with Gasteiger partial charge in [0, 0.05) is 6.54 Å². The lowest BCUT2D eigenvalue weighted by molar-refractivity contribution is -0.133. The maximum absolute atomic E-state index is 12.5. The molecule has 0 aliphatic carbocycles. The van der Waals surface area contributed by atoms with Crippen LogP contribution in [0.4, 0.5) is 0 Å². The summed E-state index contributed by atoms with van der Waals surface area (Å²) in [4.78, 5) is 14.3. The molecule has 3 atom stereocenters. The van der Waals surface area contributed by atoms with E-state index in [2.05, 4.69) is 35.7 Å². The number of hydrogen-bond donors (Lipinski definition) is 1. The van der Waals surface area contributed by atoms with Gasteiger partial charge in [-0.3, -0.25) is 4.79 Å². The number of carbonyl (C=O) groups is 1. The summed E-state index contributed by atoms with van der Waals surface area (Å²) >= 11 is 0. The maximum Gasteiger partial charge on any atom is 0.240 e. The number of rotatable bonds is 4. The molecule has 0 bridgehead atoms. The number of carbonyl (C=O) groups excluding carboxylic acids is 1. The van der Waals surface area contributed by atoms with Gasteiger partial charge in [-0.1, -0.05) is 30.3 Å². The second kappa shape index (κ2) is 6.93. The van der Waals surface area contributed by atoms with Gasteiger partial charge in [0.05, 0.1) is 12.1 Å². The first-order valence-corrected chi connectivity index (χ1v) is 8.25. The first-order valence-electron chi connectivity index (χ1n) is 8.25. The summed E-state index contributed by atoms with van der Waals surface area (Å²) in [5.41, 5.74) is 1.36. The third-order valence-electron chi connectivity index (χ3n) is 4.89. The van der Waals surface area contributed by atoms with Crippen molar-refractivity contribution in [3.63, 3.8) is 0 Å². The molecule has 0 spiro atoms. The number of likely N-dealkylation sites (tertiary alicyclic amines) is 1. The molecule has 3 rings (SSSR count). The van der Waals surface area contributed by atoms with Gasteiger partial charge in [0.25, 0.3) is 0 Å². The zero-order chi connectivity index (χ0) is 15.4. The summed E-state index contributed by atoms with van der Waals surface area (Å²) < 4.78 is 0. The molecular weight excluding hydrogens is 274 g/mol. The van der Waals surface area contributed by atoms with E-state index in [0.29, 0.717) is 5.92 Å². The standard InChI is InChI=1S/C18H23N3O/c19-12-16-7-4-10-21(16)18(22)17-11-15(13-20-17)9-8-14-5-2-1-3-6-14/h1-3,5-6,15-17,20H,4,7-11,13H2/t15-,16+,17+/m1/s1. The summed E-state index contributed by atoms with van der Waals surface area (Å²) in [5.74, 6) is 0.684. The van der Waals surface area contributed by atoms with Crippen molar-refractivity contribution in [2.24, 2.45) is 5.92 Å². The van der Waals surface area contributed by atoms with Crippen molar-refractivity contribution in [3.8, 4) is 6.07 Å². The predicted octanol–water partition coefficient (Wildman–Crippen LogP) is 2.11. The molecule has 0 saturated carbocycles. The van der Waals surface area contributed by atoms with Crippen LogP contribution in [0.3, 0.4) is 0 Å². The van der Waals surface area contributed by atoms with Crippen LogP contribution in [0.25, 0.3) is 0 Å². The Labute approximate surface area is 132 Å². The van der Waals surface area contributed by atoms with Crippen LogP contribution >= 0.6 is 0 Å². The van der Waals surface area contributed by atoms with E-state index < -0.39 is 0 Å². The maximum atomic E-state index is 12.5. The highest BCUT2D eigenvalue weighted by Crippen LogP contribution is 2.24. The van der Waals surface area contributed by atoms with Crippen LogP contribution in [-0.4, -0.2) is 36.0 Å². The molecular formula is C18H23N3O. The first-order chi connectivity index (χ1) is 10.8. The van der Waals surface area contributed by atoms with Crippen molar-refractivity contribution in [3.05, 3.63) is 35.9 Å². The molecule has 4 heteroatoms. The van der Waals surface area contributed by atoms with Gasteiger partial charge in [0.15, 0.2) is 0 Å². The van der Waals surface area contributed by atoms with Crippen molar-refractivity contribution in [2.45, 2.75) is 44.2 Å². The topological polar surface area (TPSA) is 56.1 Å². The fourth-order valence-corrected chi connectivity index (χ4v) is 3.60. The van der Waals surface area contributed by atoms with Gasteiger partial charge >= 0.3 is 0 Å². The Balaban J connectivity index is 1.50. The molecule has 116 valence electrons. The molecule has 2 heterocycles. The van der Waals surface area contributed by atoms with E-state index in [1.54, 1.807) is 4.90 Å². The average molecular weight is 297 g/mol. The van der Waals surface area contributed by atoms with Crippen LogP contribution in [0.2, 0.25) is 0 Å². The van der Waals surface area contributed by atoms with Crippen molar-refractivity contribution in [1.82, 2.24) is 10.2 Å². The van der Waals surface area contributed by atoms with E-state index in [1.165, 1.54) is 5.56 Å². The summed E-state index contributed by atoms with van der Waals surface area (Å²) in [6.45, 7) is 1.65. The summed E-state index contributed by atoms with van der Waals surface area (Å²) in [7, 11) is 0. The highest BCUT2D eigenvalue weighted by molar-refractivity contribution is 5.83. The number of aryl methyl sites for hydroxylation is 1. The summed E-state index contributed by atoms with van der Waals surface area (Å²) in [5, 5.41) is 12.5. The van der Waals surface area contributed by atoms with Gasteiger partial charge in [0.1, 0.15) is 6.04 Å². The normalized spacial score (nSPS) is 27.8. The molecule has 2 aliphatic rings. The highest BCUT2D eigenvalue weighted by atomic mass is 16.2. The number of amides is 1. The minimum absolute atomic E-state index is 0.0882. The molecule has 2 fully saturated rings. The van der Waals surface area contributed by atoms with Crippen LogP contribution in [0.15, 0.2) is 30.3 Å². The Bertz CT molecular complexity index is 551. The Kier molecular flexibility index (Phi) is 4.74. The molecule has 1 N–H and O–H groups in total. The molecule has 0 aromatic heterocycles. The molecule has 1 aromatic rings. The zero-order valence-electron chi connectivity index (χ0n) is 12.9. The first kappa shape index (κ1) is 15.1. The van der Waals surface area contributed by atoms with Crippen LogP contribution in [0.1, 0.15) is 31.2 Å². The molecule has 0 unspecified atom stereocenters. The minimum atomic E-state index is -0.210. The Morgan fingerprint density at radius 3 is 2.95 bits per heavy atom. The number of hydrogen-bond acceptors (Lipinski definition) is 3. The van der Waals surface area contributed by atoms with Crippen LogP contribution in [0.5, 0.6) is 0 Å². The van der Waals surface area contributed by atoms with E-state index in [1.807, 2.05) is 6.07 Å². The van der Waals surface area contributed by atoms with Gasteiger partial charge in [0.2, 0.25) is 5.91 Å².